The molecule has 2 N–H and O–H groups in total. The molecule has 0 saturated carbocycles. The van der Waals surface area contributed by atoms with E-state index < -0.39 is 0 Å². The van der Waals surface area contributed by atoms with E-state index in [4.69, 9.17) is 4.98 Å². The quantitative estimate of drug-likeness (QED) is 0.709. The molecule has 1 atom stereocenters. The second-order valence-electron chi connectivity index (χ2n) is 6.62. The molecule has 132 valence electrons. The first-order valence-corrected chi connectivity index (χ1v) is 8.67. The van der Waals surface area contributed by atoms with Crippen LogP contribution in [0, 0.1) is 6.92 Å². The van der Waals surface area contributed by atoms with Crippen LogP contribution >= 0.6 is 0 Å². The zero-order valence-corrected chi connectivity index (χ0v) is 14.5. The summed E-state index contributed by atoms with van der Waals surface area (Å²) in [6, 6.07) is 13.3. The van der Waals surface area contributed by atoms with Crippen molar-refractivity contribution in [3.05, 3.63) is 48.0 Å². The predicted molar refractivity (Wildman–Crippen MR) is 101 cm³/mol. The first kappa shape index (κ1) is 16.3. The van der Waals surface area contributed by atoms with Crippen LogP contribution in [0.1, 0.15) is 12.0 Å². The summed E-state index contributed by atoms with van der Waals surface area (Å²) in [5.41, 5.74) is 2.58. The number of aromatic hydroxyl groups is 1. The summed E-state index contributed by atoms with van der Waals surface area (Å²) in [7, 11) is 0. The SMILES string of the molecule is Cc1ccc2c(N3CCC(NC=O)C3)nc(-c3ccccc3O)nc2c1. The number of para-hydroxylation sites is 1. The number of nitrogens with one attached hydrogen (secondary N) is 1. The summed E-state index contributed by atoms with van der Waals surface area (Å²) in [5, 5.41) is 14.0. The number of anilines is 1. The van der Waals surface area contributed by atoms with Gasteiger partial charge in [0.1, 0.15) is 11.6 Å². The van der Waals surface area contributed by atoms with Gasteiger partial charge in [0.05, 0.1) is 11.1 Å². The van der Waals surface area contributed by atoms with Crippen LogP contribution in [0.2, 0.25) is 0 Å². The van der Waals surface area contributed by atoms with Gasteiger partial charge in [0.25, 0.3) is 0 Å². The monoisotopic (exact) mass is 348 g/mol. The fourth-order valence-corrected chi connectivity index (χ4v) is 3.43. The summed E-state index contributed by atoms with van der Waals surface area (Å²) in [4.78, 5) is 22.4. The Bertz CT molecular complexity index is 973. The highest BCUT2D eigenvalue weighted by Crippen LogP contribution is 2.33. The summed E-state index contributed by atoms with van der Waals surface area (Å²) >= 11 is 0. The fourth-order valence-electron chi connectivity index (χ4n) is 3.43. The van der Waals surface area contributed by atoms with Crippen LogP contribution in [-0.4, -0.2) is 40.6 Å². The van der Waals surface area contributed by atoms with E-state index in [9.17, 15) is 9.90 Å². The van der Waals surface area contributed by atoms with E-state index in [2.05, 4.69) is 15.2 Å². The fraction of sp³-hybridized carbons (Fsp3) is 0.250. The number of carbonyl (C=O) groups excluding carboxylic acids is 1. The zero-order chi connectivity index (χ0) is 18.1. The molecule has 6 heteroatoms. The zero-order valence-electron chi connectivity index (χ0n) is 14.5. The van der Waals surface area contributed by atoms with Gasteiger partial charge in [0.2, 0.25) is 6.41 Å². The van der Waals surface area contributed by atoms with Crippen molar-refractivity contribution in [2.24, 2.45) is 0 Å². The molecule has 26 heavy (non-hydrogen) atoms. The van der Waals surface area contributed by atoms with E-state index in [0.717, 1.165) is 41.7 Å². The van der Waals surface area contributed by atoms with Gasteiger partial charge in [-0.15, -0.1) is 0 Å². The minimum absolute atomic E-state index is 0.122. The van der Waals surface area contributed by atoms with E-state index >= 15 is 0 Å². The lowest BCUT2D eigenvalue weighted by molar-refractivity contribution is -0.110. The largest absolute Gasteiger partial charge is 0.507 e. The summed E-state index contributed by atoms with van der Waals surface area (Å²) in [6.45, 7) is 3.55. The maximum absolute atomic E-state index is 10.7. The molecule has 1 saturated heterocycles. The van der Waals surface area contributed by atoms with Crippen molar-refractivity contribution < 1.29 is 9.90 Å². The number of benzene rings is 2. The molecule has 1 aromatic heterocycles. The number of aromatic nitrogens is 2. The van der Waals surface area contributed by atoms with E-state index in [-0.39, 0.29) is 11.8 Å². The summed E-state index contributed by atoms with van der Waals surface area (Å²) in [6.07, 6.45) is 1.63. The van der Waals surface area contributed by atoms with Crippen molar-refractivity contribution in [2.45, 2.75) is 19.4 Å². The molecule has 0 radical (unpaired) electrons. The molecule has 3 aromatic rings. The number of amides is 1. The minimum Gasteiger partial charge on any atom is -0.507 e. The van der Waals surface area contributed by atoms with Crippen molar-refractivity contribution in [1.29, 1.82) is 0 Å². The lowest BCUT2D eigenvalue weighted by Crippen LogP contribution is -2.31. The van der Waals surface area contributed by atoms with Gasteiger partial charge >= 0.3 is 0 Å². The molecule has 4 rings (SSSR count). The lowest BCUT2D eigenvalue weighted by atomic mass is 10.1. The minimum atomic E-state index is 0.122. The van der Waals surface area contributed by atoms with Crippen LogP contribution in [0.5, 0.6) is 5.75 Å². The third-order valence-corrected chi connectivity index (χ3v) is 4.77. The van der Waals surface area contributed by atoms with E-state index in [1.165, 1.54) is 0 Å². The first-order chi connectivity index (χ1) is 12.7. The molecule has 1 fully saturated rings. The maximum atomic E-state index is 10.7. The molecule has 0 bridgehead atoms. The van der Waals surface area contributed by atoms with Gasteiger partial charge in [-0.1, -0.05) is 18.2 Å². The van der Waals surface area contributed by atoms with Crippen LogP contribution in [0.3, 0.4) is 0 Å². The maximum Gasteiger partial charge on any atom is 0.207 e. The Morgan fingerprint density at radius 3 is 2.88 bits per heavy atom. The van der Waals surface area contributed by atoms with Gasteiger partial charge in [0.15, 0.2) is 5.82 Å². The second kappa shape index (κ2) is 6.63. The van der Waals surface area contributed by atoms with Crippen molar-refractivity contribution in [3.63, 3.8) is 0 Å². The average Bonchev–Trinajstić information content (AvgIpc) is 3.10. The van der Waals surface area contributed by atoms with Crippen molar-refractivity contribution in [1.82, 2.24) is 15.3 Å². The van der Waals surface area contributed by atoms with Crippen molar-refractivity contribution in [3.8, 4) is 17.1 Å². The highest BCUT2D eigenvalue weighted by atomic mass is 16.3. The number of aryl methyl sites for hydroxylation is 1. The number of nitrogens with zero attached hydrogens (tertiary/aromatic N) is 3. The van der Waals surface area contributed by atoms with Gasteiger partial charge in [-0.25, -0.2) is 9.97 Å². The smallest absolute Gasteiger partial charge is 0.207 e. The Balaban J connectivity index is 1.85. The van der Waals surface area contributed by atoms with Gasteiger partial charge in [-0.2, -0.15) is 0 Å². The average molecular weight is 348 g/mol. The lowest BCUT2D eigenvalue weighted by Gasteiger charge is -2.20. The summed E-state index contributed by atoms with van der Waals surface area (Å²) in [5.74, 6) is 1.50. The van der Waals surface area contributed by atoms with Gasteiger partial charge in [-0.3, -0.25) is 4.79 Å². The Hall–Kier alpha value is -3.15. The number of hydrogen-bond acceptors (Lipinski definition) is 5. The molecule has 2 heterocycles. The van der Waals surface area contributed by atoms with Crippen LogP contribution < -0.4 is 10.2 Å². The number of rotatable bonds is 4. The Morgan fingerprint density at radius 1 is 1.23 bits per heavy atom. The van der Waals surface area contributed by atoms with Crippen LogP contribution in [0.15, 0.2) is 42.5 Å². The summed E-state index contributed by atoms with van der Waals surface area (Å²) < 4.78 is 0. The molecule has 1 unspecified atom stereocenters. The predicted octanol–water partition coefficient (Wildman–Crippen LogP) is 2.64. The molecular weight excluding hydrogens is 328 g/mol. The topological polar surface area (TPSA) is 78.4 Å². The standard InChI is InChI=1S/C20H20N4O2/c1-13-6-7-15-17(10-13)22-19(16-4-2-3-5-18(16)26)23-20(15)24-9-8-14(11-24)21-12-25/h2-7,10,12,14,26H,8-9,11H2,1H3,(H,21,25). The Kier molecular flexibility index (Phi) is 4.16. The molecule has 0 spiro atoms. The molecule has 0 aliphatic carbocycles. The molecule has 1 aliphatic rings. The number of carbonyl (C=O) groups is 1. The highest BCUT2D eigenvalue weighted by molar-refractivity contribution is 5.92. The number of phenolic OH excluding ortho intramolecular Hbond substituents is 1. The van der Waals surface area contributed by atoms with Crippen LogP contribution in [0.4, 0.5) is 5.82 Å². The third-order valence-electron chi connectivity index (χ3n) is 4.77. The highest BCUT2D eigenvalue weighted by Gasteiger charge is 2.25. The van der Waals surface area contributed by atoms with E-state index in [1.807, 2.05) is 37.3 Å². The van der Waals surface area contributed by atoms with Crippen molar-refractivity contribution >= 4 is 23.1 Å². The van der Waals surface area contributed by atoms with Crippen LogP contribution in [-0.2, 0) is 4.79 Å². The number of phenols is 1. The Morgan fingerprint density at radius 2 is 2.08 bits per heavy atom. The molecule has 1 aliphatic heterocycles. The molecule has 1 amide bonds. The number of fused-ring (bicyclic) bond motifs is 1. The van der Waals surface area contributed by atoms with E-state index in [0.29, 0.717) is 17.9 Å². The third kappa shape index (κ3) is 2.94. The molecule has 6 nitrogen and oxygen atoms in total. The Labute approximate surface area is 151 Å². The molecular formula is C20H20N4O2. The second-order valence-corrected chi connectivity index (χ2v) is 6.62. The van der Waals surface area contributed by atoms with E-state index in [1.54, 1.807) is 12.1 Å². The number of hydrogen-bond donors (Lipinski definition) is 2. The van der Waals surface area contributed by atoms with Gasteiger partial charge < -0.3 is 15.3 Å². The van der Waals surface area contributed by atoms with Crippen molar-refractivity contribution in [2.75, 3.05) is 18.0 Å². The first-order valence-electron chi connectivity index (χ1n) is 8.67. The van der Waals surface area contributed by atoms with Gasteiger partial charge in [0, 0.05) is 24.5 Å². The van der Waals surface area contributed by atoms with Gasteiger partial charge in [-0.05, 0) is 43.2 Å². The molecule has 2 aromatic carbocycles. The normalized spacial score (nSPS) is 16.8. The van der Waals surface area contributed by atoms with Crippen LogP contribution in [0.25, 0.3) is 22.3 Å².